The predicted molar refractivity (Wildman–Crippen MR) is 83.9 cm³/mol. The maximum Gasteiger partial charge on any atom is 0.328 e. The number of carboxylic acid groups (broad SMARTS) is 1. The topological polar surface area (TPSA) is 40.5 Å². The van der Waals surface area contributed by atoms with Crippen LogP contribution in [0.25, 0.3) is 6.08 Å². The summed E-state index contributed by atoms with van der Waals surface area (Å²) in [6.45, 7) is 4.39. The van der Waals surface area contributed by atoms with E-state index in [0.29, 0.717) is 6.04 Å². The quantitative estimate of drug-likeness (QED) is 0.834. The van der Waals surface area contributed by atoms with Crippen LogP contribution in [0.5, 0.6) is 0 Å². The fourth-order valence-electron chi connectivity index (χ4n) is 2.88. The lowest BCUT2D eigenvalue weighted by Gasteiger charge is -2.28. The van der Waals surface area contributed by atoms with Crippen molar-refractivity contribution in [2.75, 3.05) is 6.54 Å². The molecule has 110 valence electrons. The van der Waals surface area contributed by atoms with Crippen LogP contribution in [0, 0.1) is 0 Å². The van der Waals surface area contributed by atoms with Gasteiger partial charge >= 0.3 is 5.97 Å². The van der Waals surface area contributed by atoms with E-state index in [2.05, 4.69) is 17.2 Å². The predicted octanol–water partition coefficient (Wildman–Crippen LogP) is 4.00. The third kappa shape index (κ3) is 4.18. The van der Waals surface area contributed by atoms with Crippen LogP contribution in [0.4, 0.5) is 0 Å². The molecule has 0 aliphatic carbocycles. The van der Waals surface area contributed by atoms with Crippen molar-refractivity contribution in [1.29, 1.82) is 0 Å². The van der Waals surface area contributed by atoms with E-state index in [9.17, 15) is 4.79 Å². The van der Waals surface area contributed by atoms with E-state index < -0.39 is 5.97 Å². The Balaban J connectivity index is 2.08. The second-order valence-electron chi connectivity index (χ2n) is 5.35. The van der Waals surface area contributed by atoms with Crippen molar-refractivity contribution < 1.29 is 9.90 Å². The summed E-state index contributed by atoms with van der Waals surface area (Å²) in [5, 5.41) is 10.8. The van der Waals surface area contributed by atoms with Gasteiger partial charge in [0.05, 0.1) is 0 Å². The monoisotopic (exact) mass is 293 g/mol. The summed E-state index contributed by atoms with van der Waals surface area (Å²) in [7, 11) is 0. The lowest BCUT2D eigenvalue weighted by Crippen LogP contribution is -2.33. The van der Waals surface area contributed by atoms with Crippen molar-refractivity contribution in [3.05, 3.63) is 28.0 Å². The van der Waals surface area contributed by atoms with Gasteiger partial charge in [0.2, 0.25) is 0 Å². The molecule has 0 saturated carbocycles. The molecule has 1 fully saturated rings. The highest BCUT2D eigenvalue weighted by atomic mass is 32.1. The Morgan fingerprint density at radius 1 is 1.50 bits per heavy atom. The highest BCUT2D eigenvalue weighted by molar-refractivity contribution is 7.10. The van der Waals surface area contributed by atoms with Gasteiger partial charge < -0.3 is 5.11 Å². The number of likely N-dealkylation sites (tertiary alicyclic amines) is 1. The van der Waals surface area contributed by atoms with E-state index in [1.54, 1.807) is 17.4 Å². The summed E-state index contributed by atoms with van der Waals surface area (Å²) in [6, 6.07) is 2.69. The SMILES string of the molecule is CCC1CCCCCN1Cc1sccc1/C=C/C(=O)O. The molecule has 0 amide bonds. The summed E-state index contributed by atoms with van der Waals surface area (Å²) in [5.41, 5.74) is 1.05. The smallest absolute Gasteiger partial charge is 0.328 e. The molecular formula is C16H23NO2S. The van der Waals surface area contributed by atoms with Crippen LogP contribution in [0.3, 0.4) is 0 Å². The van der Waals surface area contributed by atoms with Gasteiger partial charge in [0.25, 0.3) is 0 Å². The Morgan fingerprint density at radius 2 is 2.35 bits per heavy atom. The summed E-state index contributed by atoms with van der Waals surface area (Å²) in [6.07, 6.45) is 9.39. The first-order valence-electron chi connectivity index (χ1n) is 7.42. The van der Waals surface area contributed by atoms with Crippen LogP contribution in [0.1, 0.15) is 49.5 Å². The third-order valence-electron chi connectivity index (χ3n) is 4.00. The van der Waals surface area contributed by atoms with Gasteiger partial charge in [0, 0.05) is 23.5 Å². The summed E-state index contributed by atoms with van der Waals surface area (Å²) >= 11 is 1.73. The Morgan fingerprint density at radius 3 is 3.10 bits per heavy atom. The molecule has 0 radical (unpaired) electrons. The van der Waals surface area contributed by atoms with E-state index in [0.717, 1.165) is 12.1 Å². The van der Waals surface area contributed by atoms with Crippen molar-refractivity contribution in [2.24, 2.45) is 0 Å². The second kappa shape index (κ2) is 7.60. The van der Waals surface area contributed by atoms with Gasteiger partial charge in [-0.1, -0.05) is 19.8 Å². The molecule has 1 saturated heterocycles. The van der Waals surface area contributed by atoms with E-state index in [1.807, 2.05) is 6.07 Å². The highest BCUT2D eigenvalue weighted by Gasteiger charge is 2.20. The van der Waals surface area contributed by atoms with E-state index in [-0.39, 0.29) is 0 Å². The summed E-state index contributed by atoms with van der Waals surface area (Å²) in [5.74, 6) is -0.886. The van der Waals surface area contributed by atoms with Gasteiger partial charge in [-0.2, -0.15) is 0 Å². The molecule has 1 aromatic heterocycles. The normalized spacial score (nSPS) is 21.1. The van der Waals surface area contributed by atoms with Crippen molar-refractivity contribution in [3.63, 3.8) is 0 Å². The Labute approximate surface area is 124 Å². The average molecular weight is 293 g/mol. The van der Waals surface area contributed by atoms with Crippen LogP contribution in [0.2, 0.25) is 0 Å². The average Bonchev–Trinajstić information content (AvgIpc) is 2.74. The van der Waals surface area contributed by atoms with Gasteiger partial charge in [-0.15, -0.1) is 11.3 Å². The number of thiophene rings is 1. The number of hydrogen-bond acceptors (Lipinski definition) is 3. The van der Waals surface area contributed by atoms with Gasteiger partial charge in [0.1, 0.15) is 0 Å². The molecule has 1 aromatic rings. The van der Waals surface area contributed by atoms with Gasteiger partial charge in [-0.05, 0) is 48.9 Å². The zero-order chi connectivity index (χ0) is 14.4. The molecule has 2 heterocycles. The van der Waals surface area contributed by atoms with E-state index >= 15 is 0 Å². The lowest BCUT2D eigenvalue weighted by molar-refractivity contribution is -0.131. The van der Waals surface area contributed by atoms with E-state index in [4.69, 9.17) is 5.11 Å². The van der Waals surface area contributed by atoms with Crippen LogP contribution in [-0.4, -0.2) is 28.6 Å². The standard InChI is InChI=1S/C16H23NO2S/c1-2-14-6-4-3-5-10-17(14)12-15-13(9-11-20-15)7-8-16(18)19/h7-9,11,14H,2-6,10,12H2,1H3,(H,18,19)/b8-7+. The maximum atomic E-state index is 10.6. The fourth-order valence-corrected chi connectivity index (χ4v) is 3.77. The lowest BCUT2D eigenvalue weighted by atomic mass is 10.1. The first-order valence-corrected chi connectivity index (χ1v) is 8.30. The molecule has 1 aliphatic heterocycles. The number of rotatable bonds is 5. The molecule has 1 atom stereocenters. The van der Waals surface area contributed by atoms with Crippen LogP contribution in [0.15, 0.2) is 17.5 Å². The molecular weight excluding hydrogens is 270 g/mol. The summed E-state index contributed by atoms with van der Waals surface area (Å²) < 4.78 is 0. The molecule has 2 rings (SSSR count). The molecule has 0 aromatic carbocycles. The minimum absolute atomic E-state index is 0.677. The zero-order valence-electron chi connectivity index (χ0n) is 12.0. The molecule has 3 nitrogen and oxygen atoms in total. The minimum atomic E-state index is -0.886. The zero-order valence-corrected chi connectivity index (χ0v) is 12.9. The van der Waals surface area contributed by atoms with E-state index in [1.165, 1.54) is 49.6 Å². The number of carboxylic acids is 1. The van der Waals surface area contributed by atoms with Crippen LogP contribution in [-0.2, 0) is 11.3 Å². The van der Waals surface area contributed by atoms with Gasteiger partial charge in [-0.25, -0.2) is 4.79 Å². The number of aliphatic carboxylic acids is 1. The second-order valence-corrected chi connectivity index (χ2v) is 6.35. The van der Waals surface area contributed by atoms with Gasteiger partial charge in [0.15, 0.2) is 0 Å². The maximum absolute atomic E-state index is 10.6. The molecule has 0 bridgehead atoms. The first-order chi connectivity index (χ1) is 9.70. The van der Waals surface area contributed by atoms with Gasteiger partial charge in [-0.3, -0.25) is 4.90 Å². The van der Waals surface area contributed by atoms with Crippen molar-refractivity contribution in [2.45, 2.75) is 51.6 Å². The Hall–Kier alpha value is -1.13. The highest BCUT2D eigenvalue weighted by Crippen LogP contribution is 2.25. The third-order valence-corrected chi connectivity index (χ3v) is 4.92. The number of hydrogen-bond donors (Lipinski definition) is 1. The fraction of sp³-hybridized carbons (Fsp3) is 0.562. The molecule has 4 heteroatoms. The molecule has 1 aliphatic rings. The number of nitrogens with zero attached hydrogens (tertiary/aromatic N) is 1. The molecule has 0 spiro atoms. The van der Waals surface area contributed by atoms with Crippen LogP contribution < -0.4 is 0 Å². The van der Waals surface area contributed by atoms with Crippen molar-refractivity contribution in [3.8, 4) is 0 Å². The summed E-state index contributed by atoms with van der Waals surface area (Å²) in [4.78, 5) is 14.5. The Kier molecular flexibility index (Phi) is 5.80. The molecule has 1 N–H and O–H groups in total. The van der Waals surface area contributed by atoms with Crippen LogP contribution >= 0.6 is 11.3 Å². The first kappa shape index (κ1) is 15.3. The molecule has 1 unspecified atom stereocenters. The molecule has 20 heavy (non-hydrogen) atoms. The number of carbonyl (C=O) groups is 1. The van der Waals surface area contributed by atoms with Crippen molar-refractivity contribution >= 4 is 23.4 Å². The Bertz CT molecular complexity index is 467. The largest absolute Gasteiger partial charge is 0.478 e. The minimum Gasteiger partial charge on any atom is -0.478 e. The van der Waals surface area contributed by atoms with Crippen molar-refractivity contribution in [1.82, 2.24) is 4.90 Å².